The summed E-state index contributed by atoms with van der Waals surface area (Å²) >= 11 is 0. The number of nitrogens with zero attached hydrogens (tertiary/aromatic N) is 2. The Morgan fingerprint density at radius 3 is 2.60 bits per heavy atom. The van der Waals surface area contributed by atoms with Gasteiger partial charge in [0, 0.05) is 36.6 Å². The number of hydrogen-bond acceptors (Lipinski definition) is 7. The number of carbonyl (C=O) groups is 3. The Labute approximate surface area is 208 Å². The van der Waals surface area contributed by atoms with Gasteiger partial charge in [0.15, 0.2) is 0 Å². The molecule has 2 saturated heterocycles. The van der Waals surface area contributed by atoms with Crippen LogP contribution in [0.5, 0.6) is 11.5 Å². The first-order valence-corrected chi connectivity index (χ1v) is 11.2. The van der Waals surface area contributed by atoms with Gasteiger partial charge in [-0.3, -0.25) is 24.8 Å². The minimum atomic E-state index is -1.06. The Hall–Kier alpha value is -3.08. The van der Waals surface area contributed by atoms with Crippen molar-refractivity contribution in [3.63, 3.8) is 0 Å². The molecule has 1 unspecified atom stereocenters. The van der Waals surface area contributed by atoms with Crippen LogP contribution in [-0.2, 0) is 14.3 Å². The second kappa shape index (κ2) is 11.6. The van der Waals surface area contributed by atoms with Crippen LogP contribution in [0.1, 0.15) is 43.0 Å². The van der Waals surface area contributed by atoms with E-state index in [0.717, 1.165) is 10.6 Å². The van der Waals surface area contributed by atoms with Gasteiger partial charge >= 0.3 is 6.03 Å². The van der Waals surface area contributed by atoms with Crippen LogP contribution in [0.15, 0.2) is 36.5 Å². The lowest BCUT2D eigenvalue weighted by atomic mass is 9.92. The lowest BCUT2D eigenvalue weighted by Gasteiger charge is -2.37. The second-order valence-corrected chi connectivity index (χ2v) is 8.50. The molecule has 2 fully saturated rings. The number of aromatic nitrogens is 1. The predicted octanol–water partition coefficient (Wildman–Crippen LogP) is 3.40. The van der Waals surface area contributed by atoms with E-state index in [4.69, 9.17) is 15.2 Å². The number of benzene rings is 1. The van der Waals surface area contributed by atoms with Crippen molar-refractivity contribution in [3.05, 3.63) is 53.6 Å². The fourth-order valence-electron chi connectivity index (χ4n) is 4.20. The standard InChI is InChI=1S/C24H27FN4O5.ClH/c1-14-2-3-17(13-27-14)34-16-4-6-20(25)19(12-16)21(26)7-5-18-22(30)28-24(32)29(23(18)31)15-8-10-33-11-9-15;/h2-4,6,12-13,15,18,21H,5,7-11,26H2,1H3,(H,28,30,32);1H/t18?,21-;/m1./s1. The van der Waals surface area contributed by atoms with Crippen molar-refractivity contribution in [1.29, 1.82) is 0 Å². The summed E-state index contributed by atoms with van der Waals surface area (Å²) in [5, 5.41) is 2.27. The molecule has 2 aliphatic rings. The SMILES string of the molecule is Cc1ccc(Oc2ccc(F)c([C@H](N)CCC3C(=O)NC(=O)N(C4CCOCC4)C3=O)c2)cn1.Cl. The third-order valence-electron chi connectivity index (χ3n) is 6.11. The molecule has 0 saturated carbocycles. The molecule has 9 nitrogen and oxygen atoms in total. The van der Waals surface area contributed by atoms with Crippen molar-refractivity contribution in [2.24, 2.45) is 11.7 Å². The molecule has 0 aliphatic carbocycles. The second-order valence-electron chi connectivity index (χ2n) is 8.50. The summed E-state index contributed by atoms with van der Waals surface area (Å²) < 4.78 is 25.6. The summed E-state index contributed by atoms with van der Waals surface area (Å²) in [6.07, 6.45) is 2.84. The van der Waals surface area contributed by atoms with E-state index >= 15 is 0 Å². The van der Waals surface area contributed by atoms with Crippen molar-refractivity contribution >= 4 is 30.3 Å². The third-order valence-corrected chi connectivity index (χ3v) is 6.11. The van der Waals surface area contributed by atoms with Gasteiger partial charge in [0.25, 0.3) is 0 Å². The Morgan fingerprint density at radius 1 is 1.20 bits per heavy atom. The average molecular weight is 507 g/mol. The molecule has 2 aromatic rings. The maximum Gasteiger partial charge on any atom is 0.331 e. The molecule has 0 bridgehead atoms. The summed E-state index contributed by atoms with van der Waals surface area (Å²) in [5.41, 5.74) is 7.29. The van der Waals surface area contributed by atoms with E-state index in [-0.39, 0.29) is 36.9 Å². The molecular formula is C24H28ClFN4O5. The van der Waals surface area contributed by atoms with Gasteiger partial charge in [-0.25, -0.2) is 9.18 Å². The molecule has 3 heterocycles. The third kappa shape index (κ3) is 6.14. The summed E-state index contributed by atoms with van der Waals surface area (Å²) in [6, 6.07) is 6.00. The maximum absolute atomic E-state index is 14.5. The van der Waals surface area contributed by atoms with Crippen molar-refractivity contribution in [2.75, 3.05) is 13.2 Å². The number of ether oxygens (including phenoxy) is 2. The highest BCUT2D eigenvalue weighted by Gasteiger charge is 2.43. The molecule has 4 rings (SSSR count). The zero-order chi connectivity index (χ0) is 24.2. The molecule has 0 spiro atoms. The van der Waals surface area contributed by atoms with Crippen LogP contribution in [0.2, 0.25) is 0 Å². The van der Waals surface area contributed by atoms with Gasteiger partial charge in [0.05, 0.1) is 6.20 Å². The number of urea groups is 1. The maximum atomic E-state index is 14.5. The van der Waals surface area contributed by atoms with E-state index in [0.29, 0.717) is 37.6 Å². The van der Waals surface area contributed by atoms with Crippen LogP contribution in [-0.4, -0.2) is 47.0 Å². The van der Waals surface area contributed by atoms with Crippen molar-refractivity contribution in [3.8, 4) is 11.5 Å². The Balaban J connectivity index is 0.00000342. The van der Waals surface area contributed by atoms with Crippen LogP contribution in [0.3, 0.4) is 0 Å². The number of pyridine rings is 1. The minimum absolute atomic E-state index is 0. The van der Waals surface area contributed by atoms with Crippen molar-refractivity contribution < 1.29 is 28.2 Å². The highest BCUT2D eigenvalue weighted by atomic mass is 35.5. The zero-order valence-corrected chi connectivity index (χ0v) is 20.1. The predicted molar refractivity (Wildman–Crippen MR) is 127 cm³/mol. The monoisotopic (exact) mass is 506 g/mol. The van der Waals surface area contributed by atoms with E-state index < -0.39 is 35.6 Å². The molecule has 4 amide bonds. The fraction of sp³-hybridized carbons (Fsp3) is 0.417. The molecule has 0 radical (unpaired) electrons. The first kappa shape index (κ1) is 26.5. The quantitative estimate of drug-likeness (QED) is 0.551. The smallest absolute Gasteiger partial charge is 0.331 e. The number of halogens is 2. The minimum Gasteiger partial charge on any atom is -0.456 e. The number of barbiturate groups is 1. The summed E-state index contributed by atoms with van der Waals surface area (Å²) in [6.45, 7) is 2.75. The van der Waals surface area contributed by atoms with E-state index in [1.54, 1.807) is 18.3 Å². The normalized spacial score (nSPS) is 19.7. The highest BCUT2D eigenvalue weighted by Crippen LogP contribution is 2.30. The lowest BCUT2D eigenvalue weighted by molar-refractivity contribution is -0.145. The Bertz CT molecular complexity index is 1080. The number of hydrogen-bond donors (Lipinski definition) is 2. The Morgan fingerprint density at radius 2 is 1.91 bits per heavy atom. The van der Waals surface area contributed by atoms with Gasteiger partial charge in [-0.1, -0.05) is 0 Å². The number of rotatable bonds is 7. The fourth-order valence-corrected chi connectivity index (χ4v) is 4.20. The van der Waals surface area contributed by atoms with Crippen LogP contribution in [0.4, 0.5) is 9.18 Å². The lowest BCUT2D eigenvalue weighted by Crippen LogP contribution is -2.61. The van der Waals surface area contributed by atoms with E-state index in [9.17, 15) is 18.8 Å². The van der Waals surface area contributed by atoms with Crippen molar-refractivity contribution in [2.45, 2.75) is 44.7 Å². The molecule has 2 aliphatic heterocycles. The van der Waals surface area contributed by atoms with Gasteiger partial charge in [-0.05, 0) is 62.9 Å². The van der Waals surface area contributed by atoms with Gasteiger partial charge in [0.2, 0.25) is 11.8 Å². The van der Waals surface area contributed by atoms with Crippen molar-refractivity contribution in [1.82, 2.24) is 15.2 Å². The number of carbonyl (C=O) groups excluding carboxylic acids is 3. The number of amides is 4. The van der Waals surface area contributed by atoms with Crippen LogP contribution in [0.25, 0.3) is 0 Å². The molecule has 2 atom stereocenters. The van der Waals surface area contributed by atoms with E-state index in [2.05, 4.69) is 10.3 Å². The Kier molecular flexibility index (Phi) is 8.76. The van der Waals surface area contributed by atoms with Gasteiger partial charge < -0.3 is 15.2 Å². The van der Waals surface area contributed by atoms with Crippen LogP contribution >= 0.6 is 12.4 Å². The molecule has 1 aromatic heterocycles. The first-order valence-electron chi connectivity index (χ1n) is 11.2. The summed E-state index contributed by atoms with van der Waals surface area (Å²) in [7, 11) is 0. The van der Waals surface area contributed by atoms with Gasteiger partial charge in [0.1, 0.15) is 23.2 Å². The number of nitrogens with two attached hydrogens (primary N) is 1. The summed E-state index contributed by atoms with van der Waals surface area (Å²) in [4.78, 5) is 43.0. The van der Waals surface area contributed by atoms with Crippen LogP contribution in [0, 0.1) is 18.7 Å². The molecule has 35 heavy (non-hydrogen) atoms. The average Bonchev–Trinajstić information content (AvgIpc) is 2.82. The molecule has 11 heteroatoms. The number of imide groups is 2. The van der Waals surface area contributed by atoms with E-state index in [1.807, 2.05) is 6.92 Å². The molecular weight excluding hydrogens is 479 g/mol. The number of nitrogens with one attached hydrogen (secondary N) is 1. The topological polar surface area (TPSA) is 124 Å². The van der Waals surface area contributed by atoms with Gasteiger partial charge in [-0.2, -0.15) is 0 Å². The van der Waals surface area contributed by atoms with Gasteiger partial charge in [-0.15, -0.1) is 12.4 Å². The highest BCUT2D eigenvalue weighted by molar-refractivity contribution is 6.16. The first-order chi connectivity index (χ1) is 16.3. The molecule has 3 N–H and O–H groups in total. The zero-order valence-electron chi connectivity index (χ0n) is 19.2. The molecule has 1 aromatic carbocycles. The van der Waals surface area contributed by atoms with Crippen LogP contribution < -0.4 is 15.8 Å². The largest absolute Gasteiger partial charge is 0.456 e. The number of aryl methyl sites for hydroxylation is 1. The molecule has 188 valence electrons. The summed E-state index contributed by atoms with van der Waals surface area (Å²) in [5.74, 6) is -1.89. The van der Waals surface area contributed by atoms with E-state index in [1.165, 1.54) is 18.2 Å².